The van der Waals surface area contributed by atoms with Crippen LogP contribution in [-0.2, 0) is 0 Å². The smallest absolute Gasteiger partial charge is 0.322 e. The topological polar surface area (TPSA) is 91.0 Å². The van der Waals surface area contributed by atoms with E-state index in [4.69, 9.17) is 10.9 Å². The van der Waals surface area contributed by atoms with Crippen LogP contribution in [-0.4, -0.2) is 34.6 Å². The van der Waals surface area contributed by atoms with Crippen molar-refractivity contribution in [2.75, 3.05) is 11.9 Å². The maximum absolute atomic E-state index is 12.2. The number of likely N-dealkylation sites (tertiary alicyclic amines) is 1. The minimum atomic E-state index is -0.324. The molecule has 2 rings (SSSR count). The fourth-order valence-corrected chi connectivity index (χ4v) is 2.30. The van der Waals surface area contributed by atoms with Crippen LogP contribution in [0.25, 0.3) is 0 Å². The van der Waals surface area contributed by atoms with Crippen molar-refractivity contribution in [3.63, 3.8) is 0 Å². The number of carbonyl (C=O) groups excluding carboxylic acids is 1. The van der Waals surface area contributed by atoms with E-state index in [0.717, 1.165) is 24.1 Å². The number of nitrogens with one attached hydrogen (secondary N) is 1. The minimum Gasteiger partial charge on any atom is -0.409 e. The number of anilines is 1. The zero-order valence-corrected chi connectivity index (χ0v) is 10.8. The van der Waals surface area contributed by atoms with Gasteiger partial charge in [0.25, 0.3) is 0 Å². The predicted octanol–water partition coefficient (Wildman–Crippen LogP) is 1.74. The molecule has 1 aliphatic heterocycles. The van der Waals surface area contributed by atoms with Crippen molar-refractivity contribution < 1.29 is 10.0 Å². The fraction of sp³-hybridized carbons (Fsp3) is 0.385. The summed E-state index contributed by atoms with van der Waals surface area (Å²) in [5, 5.41) is 14.6. The van der Waals surface area contributed by atoms with Gasteiger partial charge in [-0.1, -0.05) is 17.3 Å². The van der Waals surface area contributed by atoms with Crippen LogP contribution < -0.4 is 11.1 Å². The number of nitrogens with two attached hydrogens (primary N) is 1. The third-order valence-electron chi connectivity index (χ3n) is 3.24. The molecule has 102 valence electrons. The highest BCUT2D eigenvalue weighted by molar-refractivity contribution is 5.95. The Balaban J connectivity index is 2.07. The molecule has 0 saturated carbocycles. The van der Waals surface area contributed by atoms with Gasteiger partial charge in [0.1, 0.15) is 0 Å². The molecule has 0 bridgehead atoms. The second-order valence-electron chi connectivity index (χ2n) is 4.68. The molecule has 0 aromatic heterocycles. The molecule has 2 amide bonds. The van der Waals surface area contributed by atoms with Crippen LogP contribution in [0.4, 0.5) is 10.5 Å². The van der Waals surface area contributed by atoms with Crippen LogP contribution in [0.3, 0.4) is 0 Å². The number of hydrogen-bond acceptors (Lipinski definition) is 3. The van der Waals surface area contributed by atoms with Gasteiger partial charge < -0.3 is 21.2 Å². The number of amides is 2. The number of rotatable bonds is 2. The van der Waals surface area contributed by atoms with E-state index in [1.807, 2.05) is 31.2 Å². The van der Waals surface area contributed by atoms with Crippen LogP contribution in [0.2, 0.25) is 0 Å². The van der Waals surface area contributed by atoms with Crippen LogP contribution in [0, 0.1) is 6.92 Å². The van der Waals surface area contributed by atoms with Gasteiger partial charge >= 0.3 is 6.03 Å². The lowest BCUT2D eigenvalue weighted by atomic mass is 10.2. The lowest BCUT2D eigenvalue weighted by Gasteiger charge is -2.23. The Morgan fingerprint density at radius 2 is 2.37 bits per heavy atom. The maximum Gasteiger partial charge on any atom is 0.322 e. The first-order valence-electron chi connectivity index (χ1n) is 6.23. The Morgan fingerprint density at radius 3 is 3.05 bits per heavy atom. The van der Waals surface area contributed by atoms with Gasteiger partial charge in [-0.25, -0.2) is 4.79 Å². The zero-order chi connectivity index (χ0) is 13.8. The number of urea groups is 1. The number of oxime groups is 1. The minimum absolute atomic E-state index is 0.0805. The molecule has 1 aromatic carbocycles. The Morgan fingerprint density at radius 1 is 1.58 bits per heavy atom. The van der Waals surface area contributed by atoms with Gasteiger partial charge in [0.05, 0.1) is 6.04 Å². The zero-order valence-electron chi connectivity index (χ0n) is 10.8. The summed E-state index contributed by atoms with van der Waals surface area (Å²) in [6.07, 6.45) is 1.57. The molecule has 1 aliphatic rings. The molecule has 1 heterocycles. The van der Waals surface area contributed by atoms with Gasteiger partial charge in [0.2, 0.25) is 0 Å². The molecule has 1 fully saturated rings. The van der Waals surface area contributed by atoms with E-state index in [0.29, 0.717) is 6.54 Å². The van der Waals surface area contributed by atoms with Crippen LogP contribution in [0.1, 0.15) is 18.4 Å². The molecular weight excluding hydrogens is 244 g/mol. The Labute approximate surface area is 111 Å². The number of benzene rings is 1. The maximum atomic E-state index is 12.2. The summed E-state index contributed by atoms with van der Waals surface area (Å²) >= 11 is 0. The average molecular weight is 262 g/mol. The normalized spacial score (nSPS) is 19.5. The molecule has 1 atom stereocenters. The molecule has 0 radical (unpaired) electrons. The summed E-state index contributed by atoms with van der Waals surface area (Å²) in [6, 6.07) is 7.03. The Bertz CT molecular complexity index is 501. The predicted molar refractivity (Wildman–Crippen MR) is 73.3 cm³/mol. The van der Waals surface area contributed by atoms with Crippen molar-refractivity contribution in [3.05, 3.63) is 29.8 Å². The second kappa shape index (κ2) is 5.60. The van der Waals surface area contributed by atoms with E-state index < -0.39 is 0 Å². The number of hydrogen-bond donors (Lipinski definition) is 3. The SMILES string of the molecule is Cc1cccc(NC(=O)N2CCCC2C(N)=NO)c1. The van der Waals surface area contributed by atoms with Crippen molar-refractivity contribution in [2.45, 2.75) is 25.8 Å². The molecule has 1 saturated heterocycles. The van der Waals surface area contributed by atoms with Gasteiger partial charge in [0, 0.05) is 12.2 Å². The standard InChI is InChI=1S/C13H18N4O2/c1-9-4-2-5-10(8-9)15-13(18)17-7-3-6-11(17)12(14)16-19/h2,4-5,8,11,19H,3,6-7H2,1H3,(H2,14,16)(H,15,18). The van der Waals surface area contributed by atoms with E-state index in [-0.39, 0.29) is 17.9 Å². The monoisotopic (exact) mass is 262 g/mol. The highest BCUT2D eigenvalue weighted by atomic mass is 16.4. The summed E-state index contributed by atoms with van der Waals surface area (Å²) in [5.41, 5.74) is 7.42. The summed E-state index contributed by atoms with van der Waals surface area (Å²) in [7, 11) is 0. The Hall–Kier alpha value is -2.24. The van der Waals surface area contributed by atoms with Crippen LogP contribution >= 0.6 is 0 Å². The summed E-state index contributed by atoms with van der Waals surface area (Å²) in [6.45, 7) is 2.57. The van der Waals surface area contributed by atoms with Gasteiger partial charge in [-0.3, -0.25) is 0 Å². The Kier molecular flexibility index (Phi) is 3.89. The molecule has 19 heavy (non-hydrogen) atoms. The van der Waals surface area contributed by atoms with Crippen molar-refractivity contribution in [1.82, 2.24) is 4.90 Å². The third kappa shape index (κ3) is 2.96. The molecule has 1 unspecified atom stereocenters. The van der Waals surface area contributed by atoms with E-state index in [2.05, 4.69) is 10.5 Å². The lowest BCUT2D eigenvalue weighted by molar-refractivity contribution is 0.215. The number of aryl methyl sites for hydroxylation is 1. The van der Waals surface area contributed by atoms with Crippen molar-refractivity contribution >= 4 is 17.6 Å². The average Bonchev–Trinajstić information content (AvgIpc) is 2.87. The first-order valence-corrected chi connectivity index (χ1v) is 6.23. The fourth-order valence-electron chi connectivity index (χ4n) is 2.30. The van der Waals surface area contributed by atoms with Gasteiger partial charge in [-0.05, 0) is 37.5 Å². The summed E-state index contributed by atoms with van der Waals surface area (Å²) < 4.78 is 0. The molecule has 6 heteroatoms. The molecule has 4 N–H and O–H groups in total. The summed E-state index contributed by atoms with van der Waals surface area (Å²) in [5.74, 6) is 0.0805. The van der Waals surface area contributed by atoms with Gasteiger partial charge in [-0.15, -0.1) is 0 Å². The first-order chi connectivity index (χ1) is 9.11. The van der Waals surface area contributed by atoms with E-state index in [1.54, 1.807) is 4.90 Å². The molecule has 1 aromatic rings. The highest BCUT2D eigenvalue weighted by Crippen LogP contribution is 2.19. The first kappa shape index (κ1) is 13.2. The van der Waals surface area contributed by atoms with Crippen molar-refractivity contribution in [1.29, 1.82) is 0 Å². The number of carbonyl (C=O) groups is 1. The van der Waals surface area contributed by atoms with Crippen molar-refractivity contribution in [3.8, 4) is 0 Å². The van der Waals surface area contributed by atoms with Gasteiger partial charge in [-0.2, -0.15) is 0 Å². The van der Waals surface area contributed by atoms with Crippen LogP contribution in [0.5, 0.6) is 0 Å². The van der Waals surface area contributed by atoms with E-state index in [9.17, 15) is 4.79 Å². The summed E-state index contributed by atoms with van der Waals surface area (Å²) in [4.78, 5) is 13.8. The third-order valence-corrected chi connectivity index (χ3v) is 3.24. The second-order valence-corrected chi connectivity index (χ2v) is 4.68. The van der Waals surface area contributed by atoms with Gasteiger partial charge in [0.15, 0.2) is 5.84 Å². The molecule has 6 nitrogen and oxygen atoms in total. The molecular formula is C13H18N4O2. The largest absolute Gasteiger partial charge is 0.409 e. The number of nitrogens with zero attached hydrogens (tertiary/aromatic N) is 2. The van der Waals surface area contributed by atoms with Crippen LogP contribution in [0.15, 0.2) is 29.4 Å². The lowest BCUT2D eigenvalue weighted by Crippen LogP contribution is -2.45. The van der Waals surface area contributed by atoms with E-state index >= 15 is 0 Å². The van der Waals surface area contributed by atoms with E-state index in [1.165, 1.54) is 0 Å². The highest BCUT2D eigenvalue weighted by Gasteiger charge is 2.31. The molecule has 0 aliphatic carbocycles. The van der Waals surface area contributed by atoms with Crippen molar-refractivity contribution in [2.24, 2.45) is 10.9 Å². The molecule has 0 spiro atoms. The quantitative estimate of drug-likeness (QED) is 0.328. The number of amidine groups is 1.